The fourth-order valence-corrected chi connectivity index (χ4v) is 4.67. The van der Waals surface area contributed by atoms with E-state index in [1.807, 2.05) is 30.3 Å². The number of nitrogens with one attached hydrogen (secondary N) is 1. The van der Waals surface area contributed by atoms with Crippen LogP contribution in [0.25, 0.3) is 31.8 Å². The minimum absolute atomic E-state index is 0.113. The predicted octanol–water partition coefficient (Wildman–Crippen LogP) is 5.92. The fraction of sp³-hybridized carbons (Fsp3) is 0.167. The molecule has 6 heteroatoms. The number of aromatic nitrogens is 1. The first-order valence-electron chi connectivity index (χ1n) is 9.77. The van der Waals surface area contributed by atoms with E-state index in [1.54, 1.807) is 29.5 Å². The van der Waals surface area contributed by atoms with Gasteiger partial charge in [0, 0.05) is 28.1 Å². The second-order valence-electron chi connectivity index (χ2n) is 7.15. The number of phenolic OH excluding ortho intramolecular Hbond substituents is 1. The van der Waals surface area contributed by atoms with E-state index < -0.39 is 5.97 Å². The Kier molecular flexibility index (Phi) is 5.68. The number of pyridine rings is 1. The summed E-state index contributed by atoms with van der Waals surface area (Å²) >= 11 is 1.74. The molecule has 0 unspecified atom stereocenters. The lowest BCUT2D eigenvalue weighted by molar-refractivity contribution is -0.137. The van der Waals surface area contributed by atoms with Gasteiger partial charge in [0.2, 0.25) is 0 Å². The van der Waals surface area contributed by atoms with Crippen LogP contribution < -0.4 is 5.32 Å². The van der Waals surface area contributed by atoms with Crippen molar-refractivity contribution in [1.82, 2.24) is 4.98 Å². The lowest BCUT2D eigenvalue weighted by Crippen LogP contribution is -2.06. The van der Waals surface area contributed by atoms with Crippen molar-refractivity contribution < 1.29 is 15.0 Å². The molecule has 0 amide bonds. The molecule has 0 saturated carbocycles. The number of aromatic hydroxyl groups is 1. The number of carboxylic acid groups (broad SMARTS) is 1. The van der Waals surface area contributed by atoms with Crippen molar-refractivity contribution in [3.8, 4) is 27.4 Å². The minimum Gasteiger partial charge on any atom is -0.508 e. The summed E-state index contributed by atoms with van der Waals surface area (Å²) in [5.74, 6) is 0.0710. The first kappa shape index (κ1) is 19.9. The standard InChI is InChI=1S/C24H22N2O3S/c1-15-19-8-2-3-9-21(19)30-24(15)17-13-20(16-6-4-7-18(27)12-16)26-22(14-17)25-11-5-10-23(28)29/h2-4,6-9,12-14,27H,5,10-11H2,1H3,(H,25,26)(H,28,29). The van der Waals surface area contributed by atoms with Crippen LogP contribution in [0.15, 0.2) is 60.7 Å². The lowest BCUT2D eigenvalue weighted by Gasteiger charge is -2.11. The van der Waals surface area contributed by atoms with Crippen LogP contribution in [0.5, 0.6) is 5.75 Å². The number of hydrogen-bond donors (Lipinski definition) is 3. The third-order valence-corrected chi connectivity index (χ3v) is 6.27. The number of phenols is 1. The van der Waals surface area contributed by atoms with E-state index in [1.165, 1.54) is 20.5 Å². The second kappa shape index (κ2) is 8.55. The number of carbonyl (C=O) groups is 1. The summed E-state index contributed by atoms with van der Waals surface area (Å²) in [4.78, 5) is 16.7. The highest BCUT2D eigenvalue weighted by Gasteiger charge is 2.13. The van der Waals surface area contributed by atoms with Crippen LogP contribution in [0.2, 0.25) is 0 Å². The monoisotopic (exact) mass is 418 g/mol. The van der Waals surface area contributed by atoms with Crippen molar-refractivity contribution in [3.05, 3.63) is 66.2 Å². The largest absolute Gasteiger partial charge is 0.508 e. The SMILES string of the molecule is Cc1c(-c2cc(NCCCC(=O)O)nc(-c3cccc(O)c3)c2)sc2ccccc12. The fourth-order valence-electron chi connectivity index (χ4n) is 3.47. The number of thiophene rings is 1. The molecule has 0 aliphatic heterocycles. The van der Waals surface area contributed by atoms with Gasteiger partial charge in [0.25, 0.3) is 0 Å². The molecule has 2 aromatic heterocycles. The number of carboxylic acids is 1. The number of rotatable bonds is 7. The van der Waals surface area contributed by atoms with Crippen LogP contribution in [0.1, 0.15) is 18.4 Å². The number of aryl methyl sites for hydroxylation is 1. The number of aliphatic carboxylic acids is 1. The van der Waals surface area contributed by atoms with Gasteiger partial charge in [-0.2, -0.15) is 0 Å². The van der Waals surface area contributed by atoms with Gasteiger partial charge in [-0.25, -0.2) is 4.98 Å². The molecule has 0 fully saturated rings. The van der Waals surface area contributed by atoms with Gasteiger partial charge in [0.15, 0.2) is 0 Å². The maximum absolute atomic E-state index is 10.8. The van der Waals surface area contributed by atoms with E-state index in [9.17, 15) is 9.90 Å². The Bertz CT molecular complexity index is 1220. The molecule has 2 aromatic carbocycles. The van der Waals surface area contributed by atoms with Crippen molar-refractivity contribution >= 4 is 33.2 Å². The predicted molar refractivity (Wildman–Crippen MR) is 122 cm³/mol. The van der Waals surface area contributed by atoms with Gasteiger partial charge < -0.3 is 15.5 Å². The van der Waals surface area contributed by atoms with Crippen LogP contribution in [0.3, 0.4) is 0 Å². The van der Waals surface area contributed by atoms with Crippen LogP contribution in [-0.4, -0.2) is 27.7 Å². The van der Waals surface area contributed by atoms with Gasteiger partial charge in [-0.3, -0.25) is 4.79 Å². The van der Waals surface area contributed by atoms with E-state index in [0.717, 1.165) is 16.8 Å². The third kappa shape index (κ3) is 4.28. The zero-order valence-corrected chi connectivity index (χ0v) is 17.4. The Balaban J connectivity index is 1.76. The lowest BCUT2D eigenvalue weighted by atomic mass is 10.0. The molecule has 0 aliphatic rings. The number of nitrogens with zero attached hydrogens (tertiary/aromatic N) is 1. The summed E-state index contributed by atoms with van der Waals surface area (Å²) < 4.78 is 1.23. The van der Waals surface area contributed by atoms with Crippen molar-refractivity contribution in [3.63, 3.8) is 0 Å². The molecule has 0 bridgehead atoms. The van der Waals surface area contributed by atoms with E-state index in [4.69, 9.17) is 10.1 Å². The molecule has 0 spiro atoms. The van der Waals surface area contributed by atoms with E-state index in [-0.39, 0.29) is 12.2 Å². The molecule has 0 radical (unpaired) electrons. The quantitative estimate of drug-likeness (QED) is 0.325. The zero-order chi connectivity index (χ0) is 21.1. The van der Waals surface area contributed by atoms with E-state index in [2.05, 4.69) is 24.4 Å². The average Bonchev–Trinajstić information content (AvgIpc) is 3.08. The van der Waals surface area contributed by atoms with E-state index >= 15 is 0 Å². The molecule has 0 aliphatic carbocycles. The second-order valence-corrected chi connectivity index (χ2v) is 8.21. The van der Waals surface area contributed by atoms with Gasteiger partial charge in [0.1, 0.15) is 11.6 Å². The summed E-state index contributed by atoms with van der Waals surface area (Å²) in [6, 6.07) is 19.4. The number of fused-ring (bicyclic) bond motifs is 1. The first-order chi connectivity index (χ1) is 14.5. The smallest absolute Gasteiger partial charge is 0.303 e. The maximum atomic E-state index is 10.8. The highest BCUT2D eigenvalue weighted by molar-refractivity contribution is 7.22. The number of hydrogen-bond acceptors (Lipinski definition) is 5. The maximum Gasteiger partial charge on any atom is 0.303 e. The van der Waals surface area contributed by atoms with Crippen LogP contribution >= 0.6 is 11.3 Å². The molecule has 152 valence electrons. The zero-order valence-electron chi connectivity index (χ0n) is 16.6. The molecular weight excluding hydrogens is 396 g/mol. The van der Waals surface area contributed by atoms with Gasteiger partial charge in [0.05, 0.1) is 5.69 Å². The molecule has 5 nitrogen and oxygen atoms in total. The Morgan fingerprint density at radius 2 is 1.90 bits per heavy atom. The summed E-state index contributed by atoms with van der Waals surface area (Å²) in [6.07, 6.45) is 0.631. The highest BCUT2D eigenvalue weighted by atomic mass is 32.1. The molecule has 4 aromatic rings. The van der Waals surface area contributed by atoms with Crippen molar-refractivity contribution in [2.24, 2.45) is 0 Å². The van der Waals surface area contributed by atoms with Gasteiger partial charge in [-0.1, -0.05) is 30.3 Å². The summed E-state index contributed by atoms with van der Waals surface area (Å²) in [5.41, 5.74) is 3.84. The molecule has 4 rings (SSSR count). The van der Waals surface area contributed by atoms with Gasteiger partial charge in [-0.15, -0.1) is 11.3 Å². The third-order valence-electron chi connectivity index (χ3n) is 4.95. The Hall–Kier alpha value is -3.38. The number of benzene rings is 2. The summed E-state index contributed by atoms with van der Waals surface area (Å²) in [6.45, 7) is 2.65. The molecular formula is C24H22N2O3S. The Labute approximate surface area is 178 Å². The van der Waals surface area contributed by atoms with Crippen molar-refractivity contribution in [1.29, 1.82) is 0 Å². The highest BCUT2D eigenvalue weighted by Crippen LogP contribution is 2.40. The van der Waals surface area contributed by atoms with Gasteiger partial charge in [-0.05, 0) is 60.2 Å². The molecule has 3 N–H and O–H groups in total. The minimum atomic E-state index is -0.806. The molecule has 30 heavy (non-hydrogen) atoms. The van der Waals surface area contributed by atoms with Crippen molar-refractivity contribution in [2.45, 2.75) is 19.8 Å². The summed E-state index contributed by atoms with van der Waals surface area (Å²) in [7, 11) is 0. The van der Waals surface area contributed by atoms with Crippen LogP contribution in [-0.2, 0) is 4.79 Å². The number of anilines is 1. The molecule has 0 atom stereocenters. The molecule has 2 heterocycles. The summed E-state index contributed by atoms with van der Waals surface area (Å²) in [5, 5.41) is 23.2. The Morgan fingerprint density at radius 3 is 2.67 bits per heavy atom. The molecule has 0 saturated heterocycles. The van der Waals surface area contributed by atoms with Crippen molar-refractivity contribution in [2.75, 3.05) is 11.9 Å². The van der Waals surface area contributed by atoms with Crippen LogP contribution in [0, 0.1) is 6.92 Å². The topological polar surface area (TPSA) is 82.5 Å². The van der Waals surface area contributed by atoms with Gasteiger partial charge >= 0.3 is 5.97 Å². The van der Waals surface area contributed by atoms with E-state index in [0.29, 0.717) is 18.8 Å². The Morgan fingerprint density at radius 1 is 1.07 bits per heavy atom. The normalized spacial score (nSPS) is 11.0. The average molecular weight is 419 g/mol. The first-order valence-corrected chi connectivity index (χ1v) is 10.6. The van der Waals surface area contributed by atoms with Crippen LogP contribution in [0.4, 0.5) is 5.82 Å².